The fraction of sp³-hybridized carbons (Fsp3) is 0.692. The first-order valence-electron chi connectivity index (χ1n) is 7.01. The van der Waals surface area contributed by atoms with Crippen molar-refractivity contribution >= 4 is 21.4 Å². The Bertz CT molecular complexity index is 591. The standard InChI is InChI=1S/C13H19F3N2O2S2/c1-10-2-3-12(21-10)22(19,20)17-8-11-4-6-18(7-5-11)9-13(14,15)16/h2-3,11,17H,4-9H2,1H3. The number of nitrogens with zero attached hydrogens (tertiary/aromatic N) is 1. The van der Waals surface area contributed by atoms with Gasteiger partial charge in [-0.1, -0.05) is 0 Å². The molecule has 1 saturated heterocycles. The largest absolute Gasteiger partial charge is 0.401 e. The molecule has 0 atom stereocenters. The molecule has 0 aromatic carbocycles. The molecular formula is C13H19F3N2O2S2. The summed E-state index contributed by atoms with van der Waals surface area (Å²) in [5.74, 6) is 0.0836. The van der Waals surface area contributed by atoms with Crippen LogP contribution in [0.25, 0.3) is 0 Å². The highest BCUT2D eigenvalue weighted by Gasteiger charge is 2.32. The van der Waals surface area contributed by atoms with Gasteiger partial charge in [0.25, 0.3) is 0 Å². The topological polar surface area (TPSA) is 49.4 Å². The minimum atomic E-state index is -4.18. The summed E-state index contributed by atoms with van der Waals surface area (Å²) in [6.07, 6.45) is -3.03. The fourth-order valence-electron chi connectivity index (χ4n) is 2.46. The number of rotatable bonds is 5. The van der Waals surface area contributed by atoms with Crippen molar-refractivity contribution < 1.29 is 21.6 Å². The van der Waals surface area contributed by atoms with E-state index in [1.807, 2.05) is 6.92 Å². The Kier molecular flexibility index (Phi) is 5.52. The van der Waals surface area contributed by atoms with Crippen LogP contribution in [0, 0.1) is 12.8 Å². The Morgan fingerprint density at radius 2 is 1.95 bits per heavy atom. The monoisotopic (exact) mass is 356 g/mol. The highest BCUT2D eigenvalue weighted by atomic mass is 32.2. The van der Waals surface area contributed by atoms with Crippen molar-refractivity contribution in [3.8, 4) is 0 Å². The molecule has 1 fully saturated rings. The van der Waals surface area contributed by atoms with Crippen LogP contribution in [-0.4, -0.2) is 45.7 Å². The van der Waals surface area contributed by atoms with E-state index in [-0.39, 0.29) is 16.7 Å². The summed E-state index contributed by atoms with van der Waals surface area (Å²) < 4.78 is 63.9. The van der Waals surface area contributed by atoms with Crippen LogP contribution >= 0.6 is 11.3 Å². The van der Waals surface area contributed by atoms with Gasteiger partial charge < -0.3 is 0 Å². The van der Waals surface area contributed by atoms with Gasteiger partial charge in [-0.3, -0.25) is 4.90 Å². The van der Waals surface area contributed by atoms with Crippen LogP contribution in [0.4, 0.5) is 13.2 Å². The Morgan fingerprint density at radius 3 is 2.45 bits per heavy atom. The van der Waals surface area contributed by atoms with Crippen LogP contribution in [0.5, 0.6) is 0 Å². The lowest BCUT2D eigenvalue weighted by Gasteiger charge is -2.32. The highest BCUT2D eigenvalue weighted by molar-refractivity contribution is 7.91. The SMILES string of the molecule is Cc1ccc(S(=O)(=O)NCC2CCN(CC(F)(F)F)CC2)s1. The molecule has 1 aromatic heterocycles. The Morgan fingerprint density at radius 1 is 1.32 bits per heavy atom. The molecule has 1 aliphatic heterocycles. The van der Waals surface area contributed by atoms with Gasteiger partial charge in [0, 0.05) is 11.4 Å². The van der Waals surface area contributed by atoms with Crippen molar-refractivity contribution in [1.82, 2.24) is 9.62 Å². The van der Waals surface area contributed by atoms with Gasteiger partial charge >= 0.3 is 6.18 Å². The number of nitrogens with one attached hydrogen (secondary N) is 1. The van der Waals surface area contributed by atoms with Crippen LogP contribution in [0.15, 0.2) is 16.3 Å². The number of hydrogen-bond acceptors (Lipinski definition) is 4. The van der Waals surface area contributed by atoms with E-state index in [9.17, 15) is 21.6 Å². The Balaban J connectivity index is 1.79. The first-order chi connectivity index (χ1) is 10.2. The van der Waals surface area contributed by atoms with Gasteiger partial charge in [-0.25, -0.2) is 13.1 Å². The number of thiophene rings is 1. The maximum atomic E-state index is 12.3. The molecular weight excluding hydrogens is 337 g/mol. The fourth-order valence-corrected chi connectivity index (χ4v) is 4.90. The maximum Gasteiger partial charge on any atom is 0.401 e. The maximum absolute atomic E-state index is 12.3. The molecule has 0 unspecified atom stereocenters. The van der Waals surface area contributed by atoms with Gasteiger partial charge in [0.05, 0.1) is 6.54 Å². The predicted octanol–water partition coefficient (Wildman–Crippen LogP) is 2.61. The van der Waals surface area contributed by atoms with Gasteiger partial charge in [-0.2, -0.15) is 13.2 Å². The molecule has 22 heavy (non-hydrogen) atoms. The molecule has 0 bridgehead atoms. The van der Waals surface area contributed by atoms with Gasteiger partial charge in [-0.15, -0.1) is 11.3 Å². The Labute approximate surface area is 132 Å². The molecule has 4 nitrogen and oxygen atoms in total. The van der Waals surface area contributed by atoms with Crippen molar-refractivity contribution in [3.63, 3.8) is 0 Å². The first kappa shape index (κ1) is 17.7. The zero-order valence-electron chi connectivity index (χ0n) is 12.2. The predicted molar refractivity (Wildman–Crippen MR) is 79.5 cm³/mol. The van der Waals surface area contributed by atoms with E-state index in [1.165, 1.54) is 16.2 Å². The third-order valence-corrected chi connectivity index (χ3v) is 6.57. The summed E-state index contributed by atoms with van der Waals surface area (Å²) in [5.41, 5.74) is 0. The zero-order chi connectivity index (χ0) is 16.4. The van der Waals surface area contributed by atoms with Crippen molar-refractivity contribution in [2.24, 2.45) is 5.92 Å². The van der Waals surface area contributed by atoms with Crippen molar-refractivity contribution in [3.05, 3.63) is 17.0 Å². The van der Waals surface area contributed by atoms with Crippen LogP contribution in [-0.2, 0) is 10.0 Å². The molecule has 126 valence electrons. The second-order valence-electron chi connectivity index (χ2n) is 5.55. The van der Waals surface area contributed by atoms with Crippen molar-refractivity contribution in [1.29, 1.82) is 0 Å². The van der Waals surface area contributed by atoms with E-state index < -0.39 is 22.7 Å². The minimum absolute atomic E-state index is 0.0836. The second-order valence-corrected chi connectivity index (χ2v) is 8.83. The molecule has 2 heterocycles. The van der Waals surface area contributed by atoms with E-state index in [0.29, 0.717) is 25.9 Å². The lowest BCUT2D eigenvalue weighted by molar-refractivity contribution is -0.148. The van der Waals surface area contributed by atoms with Crippen molar-refractivity contribution in [2.75, 3.05) is 26.2 Å². The molecule has 0 spiro atoms. The van der Waals surface area contributed by atoms with Gasteiger partial charge in [0.15, 0.2) is 0 Å². The molecule has 1 aromatic rings. The average molecular weight is 356 g/mol. The summed E-state index contributed by atoms with van der Waals surface area (Å²) in [5, 5.41) is 0. The number of hydrogen-bond donors (Lipinski definition) is 1. The molecule has 0 saturated carbocycles. The summed E-state index contributed by atoms with van der Waals surface area (Å²) in [7, 11) is -3.51. The average Bonchev–Trinajstić information content (AvgIpc) is 2.84. The van der Waals surface area contributed by atoms with Crippen LogP contribution in [0.1, 0.15) is 17.7 Å². The quantitative estimate of drug-likeness (QED) is 0.882. The second kappa shape index (κ2) is 6.86. The van der Waals surface area contributed by atoms with E-state index in [0.717, 1.165) is 4.88 Å². The molecule has 1 aliphatic rings. The van der Waals surface area contributed by atoms with E-state index >= 15 is 0 Å². The summed E-state index contributed by atoms with van der Waals surface area (Å²) in [6.45, 7) is 1.92. The molecule has 0 aliphatic carbocycles. The summed E-state index contributed by atoms with van der Waals surface area (Å²) >= 11 is 1.20. The third kappa shape index (κ3) is 5.22. The normalized spacial score (nSPS) is 18.7. The zero-order valence-corrected chi connectivity index (χ0v) is 13.8. The van der Waals surface area contributed by atoms with Crippen LogP contribution in [0.3, 0.4) is 0 Å². The number of aryl methyl sites for hydroxylation is 1. The van der Waals surface area contributed by atoms with Gasteiger partial charge in [0.2, 0.25) is 10.0 Å². The van der Waals surface area contributed by atoms with Crippen molar-refractivity contribution in [2.45, 2.75) is 30.2 Å². The van der Waals surface area contributed by atoms with E-state index in [2.05, 4.69) is 4.72 Å². The molecule has 0 radical (unpaired) electrons. The lowest BCUT2D eigenvalue weighted by Crippen LogP contribution is -2.42. The van der Waals surface area contributed by atoms with Gasteiger partial charge in [-0.05, 0) is 50.9 Å². The number of likely N-dealkylation sites (tertiary alicyclic amines) is 1. The minimum Gasteiger partial charge on any atom is -0.295 e. The highest BCUT2D eigenvalue weighted by Crippen LogP contribution is 2.24. The lowest BCUT2D eigenvalue weighted by atomic mass is 9.97. The molecule has 0 amide bonds. The molecule has 1 N–H and O–H groups in total. The third-order valence-electron chi connectivity index (χ3n) is 3.65. The van der Waals surface area contributed by atoms with Gasteiger partial charge in [0.1, 0.15) is 4.21 Å². The Hall–Kier alpha value is -0.640. The molecule has 9 heteroatoms. The summed E-state index contributed by atoms with van der Waals surface area (Å²) in [4.78, 5) is 2.29. The number of alkyl halides is 3. The van der Waals surface area contributed by atoms with E-state index in [1.54, 1.807) is 12.1 Å². The smallest absolute Gasteiger partial charge is 0.295 e. The number of sulfonamides is 1. The van der Waals surface area contributed by atoms with Crippen LogP contribution in [0.2, 0.25) is 0 Å². The number of piperidine rings is 1. The summed E-state index contributed by atoms with van der Waals surface area (Å²) in [6, 6.07) is 3.31. The van der Waals surface area contributed by atoms with Crippen LogP contribution < -0.4 is 4.72 Å². The first-order valence-corrected chi connectivity index (χ1v) is 9.31. The molecule has 2 rings (SSSR count). The van der Waals surface area contributed by atoms with E-state index in [4.69, 9.17) is 0 Å². The number of halogens is 3.